The third-order valence-electron chi connectivity index (χ3n) is 3.41. The second kappa shape index (κ2) is 6.32. The monoisotopic (exact) mass is 354 g/mol. The average molecular weight is 354 g/mol. The lowest BCUT2D eigenvalue weighted by Gasteiger charge is -2.32. The Hall–Kier alpha value is -1.88. The molecule has 11 heteroatoms. The van der Waals surface area contributed by atoms with Crippen LogP contribution in [0.1, 0.15) is 12.8 Å². The molecule has 0 amide bonds. The van der Waals surface area contributed by atoms with E-state index in [1.807, 2.05) is 0 Å². The van der Waals surface area contributed by atoms with E-state index < -0.39 is 33.9 Å². The maximum atomic E-state index is 12.7. The minimum absolute atomic E-state index is 0.0676. The number of alkyl halides is 3. The number of piperidine rings is 1. The van der Waals surface area contributed by atoms with Gasteiger partial charge in [-0.2, -0.15) is 25.9 Å². The molecule has 0 radical (unpaired) electrons. The SMILES string of the molecule is O=[N+]([O-])c1ccc(OS(=O)(=O)N2CCC[C@@H](C(F)(F)F)C2)cc1. The fraction of sp³-hybridized carbons (Fsp3) is 0.500. The molecule has 1 atom stereocenters. The normalized spacial score (nSPS) is 20.2. The van der Waals surface area contributed by atoms with Crippen molar-refractivity contribution in [3.8, 4) is 5.75 Å². The summed E-state index contributed by atoms with van der Waals surface area (Å²) in [5.74, 6) is -1.93. The molecule has 0 saturated carbocycles. The van der Waals surface area contributed by atoms with Crippen molar-refractivity contribution < 1.29 is 30.7 Å². The standard InChI is InChI=1S/C12H13F3N2O5S/c13-12(14,15)9-2-1-7-16(8-9)23(20,21)22-11-5-3-10(4-6-11)17(18)19/h3-6,9H,1-2,7-8H2/t9-/m1/s1. The van der Waals surface area contributed by atoms with Crippen LogP contribution in [-0.2, 0) is 10.3 Å². The fourth-order valence-electron chi connectivity index (χ4n) is 2.21. The first-order valence-corrected chi connectivity index (χ1v) is 7.97. The topological polar surface area (TPSA) is 89.7 Å². The number of halogens is 3. The molecule has 1 aliphatic heterocycles. The van der Waals surface area contributed by atoms with Gasteiger partial charge in [-0.15, -0.1) is 0 Å². The molecule has 0 aromatic heterocycles. The van der Waals surface area contributed by atoms with Gasteiger partial charge in [-0.3, -0.25) is 10.1 Å². The molecule has 0 N–H and O–H groups in total. The van der Waals surface area contributed by atoms with Gasteiger partial charge in [-0.25, -0.2) is 0 Å². The first-order chi connectivity index (χ1) is 10.6. The predicted molar refractivity (Wildman–Crippen MR) is 73.0 cm³/mol. The molecular formula is C12H13F3N2O5S. The van der Waals surface area contributed by atoms with Gasteiger partial charge in [-0.05, 0) is 25.0 Å². The smallest absolute Gasteiger partial charge is 0.371 e. The molecule has 1 aromatic carbocycles. The predicted octanol–water partition coefficient (Wildman–Crippen LogP) is 2.49. The summed E-state index contributed by atoms with van der Waals surface area (Å²) in [7, 11) is -4.40. The summed E-state index contributed by atoms with van der Waals surface area (Å²) in [6, 6.07) is 4.22. The Kier molecular flexibility index (Phi) is 4.80. The second-order valence-corrected chi connectivity index (χ2v) is 6.57. The lowest BCUT2D eigenvalue weighted by atomic mass is 9.99. The van der Waals surface area contributed by atoms with Crippen LogP contribution in [0.5, 0.6) is 5.75 Å². The largest absolute Gasteiger partial charge is 0.393 e. The Morgan fingerprint density at radius 1 is 1.26 bits per heavy atom. The van der Waals surface area contributed by atoms with Crippen molar-refractivity contribution in [3.63, 3.8) is 0 Å². The Morgan fingerprint density at radius 3 is 2.39 bits per heavy atom. The van der Waals surface area contributed by atoms with Gasteiger partial charge in [0.15, 0.2) is 0 Å². The van der Waals surface area contributed by atoms with Gasteiger partial charge in [0.05, 0.1) is 10.8 Å². The molecule has 7 nitrogen and oxygen atoms in total. The maximum Gasteiger partial charge on any atom is 0.393 e. The van der Waals surface area contributed by atoms with Crippen molar-refractivity contribution in [2.24, 2.45) is 5.92 Å². The van der Waals surface area contributed by atoms with Crippen LogP contribution in [0.2, 0.25) is 0 Å². The van der Waals surface area contributed by atoms with Crippen LogP contribution in [0.15, 0.2) is 24.3 Å². The number of non-ortho nitro benzene ring substituents is 1. The molecule has 0 spiro atoms. The van der Waals surface area contributed by atoms with Gasteiger partial charge in [0, 0.05) is 25.2 Å². The number of hydrogen-bond acceptors (Lipinski definition) is 5. The van der Waals surface area contributed by atoms with Gasteiger partial charge in [0.25, 0.3) is 5.69 Å². The highest BCUT2D eigenvalue weighted by molar-refractivity contribution is 7.84. The van der Waals surface area contributed by atoms with Crippen LogP contribution in [0, 0.1) is 16.0 Å². The van der Waals surface area contributed by atoms with Crippen LogP contribution >= 0.6 is 0 Å². The summed E-state index contributed by atoms with van der Waals surface area (Å²) < 4.78 is 67.6. The lowest BCUT2D eigenvalue weighted by Crippen LogP contribution is -2.45. The Labute approximate surface area is 130 Å². The summed E-state index contributed by atoms with van der Waals surface area (Å²) in [6.07, 6.45) is -4.53. The molecular weight excluding hydrogens is 341 g/mol. The highest BCUT2D eigenvalue weighted by Crippen LogP contribution is 2.34. The summed E-state index contributed by atoms with van der Waals surface area (Å²) in [5, 5.41) is 10.5. The van der Waals surface area contributed by atoms with Crippen molar-refractivity contribution in [3.05, 3.63) is 34.4 Å². The molecule has 1 fully saturated rings. The molecule has 0 aliphatic carbocycles. The number of benzene rings is 1. The lowest BCUT2D eigenvalue weighted by molar-refractivity contribution is -0.384. The van der Waals surface area contributed by atoms with E-state index in [1.165, 1.54) is 0 Å². The van der Waals surface area contributed by atoms with Crippen LogP contribution in [0.25, 0.3) is 0 Å². The summed E-state index contributed by atoms with van der Waals surface area (Å²) >= 11 is 0. The average Bonchev–Trinajstić information content (AvgIpc) is 2.46. The molecule has 1 aliphatic rings. The number of nitro groups is 1. The van der Waals surface area contributed by atoms with E-state index in [-0.39, 0.29) is 30.8 Å². The van der Waals surface area contributed by atoms with Crippen molar-refractivity contribution in [2.75, 3.05) is 13.1 Å². The van der Waals surface area contributed by atoms with E-state index in [2.05, 4.69) is 0 Å². The van der Waals surface area contributed by atoms with E-state index >= 15 is 0 Å². The Morgan fingerprint density at radius 2 is 1.87 bits per heavy atom. The van der Waals surface area contributed by atoms with Crippen molar-refractivity contribution in [2.45, 2.75) is 19.0 Å². The summed E-state index contributed by atoms with van der Waals surface area (Å²) in [4.78, 5) is 9.84. The zero-order valence-corrected chi connectivity index (χ0v) is 12.5. The Bertz CT molecular complexity index is 675. The van der Waals surface area contributed by atoms with Gasteiger partial charge in [-0.1, -0.05) is 0 Å². The number of nitrogens with zero attached hydrogens (tertiary/aromatic N) is 2. The minimum Gasteiger partial charge on any atom is -0.371 e. The zero-order chi connectivity index (χ0) is 17.3. The Balaban J connectivity index is 2.10. The molecule has 0 bridgehead atoms. The molecule has 128 valence electrons. The third-order valence-corrected chi connectivity index (χ3v) is 4.78. The molecule has 1 saturated heterocycles. The first kappa shape index (κ1) is 17.5. The first-order valence-electron chi connectivity index (χ1n) is 6.60. The van der Waals surface area contributed by atoms with Crippen LogP contribution in [-0.4, -0.2) is 36.9 Å². The number of nitro benzene ring substituents is 1. The minimum atomic E-state index is -4.47. The quantitative estimate of drug-likeness (QED) is 0.612. The molecule has 23 heavy (non-hydrogen) atoms. The molecule has 1 heterocycles. The number of rotatable bonds is 4. The molecule has 2 rings (SSSR count). The van der Waals surface area contributed by atoms with Crippen LogP contribution in [0.3, 0.4) is 0 Å². The van der Waals surface area contributed by atoms with E-state index in [0.717, 1.165) is 24.3 Å². The van der Waals surface area contributed by atoms with Crippen molar-refractivity contribution in [1.29, 1.82) is 0 Å². The van der Waals surface area contributed by atoms with Crippen molar-refractivity contribution in [1.82, 2.24) is 4.31 Å². The summed E-state index contributed by atoms with van der Waals surface area (Å²) in [6.45, 7) is -0.763. The zero-order valence-electron chi connectivity index (χ0n) is 11.7. The van der Waals surface area contributed by atoms with Crippen LogP contribution < -0.4 is 4.18 Å². The van der Waals surface area contributed by atoms with Gasteiger partial charge in [0.1, 0.15) is 5.75 Å². The fourth-order valence-corrected chi connectivity index (χ4v) is 3.39. The number of hydrogen-bond donors (Lipinski definition) is 0. The van der Waals surface area contributed by atoms with E-state index in [9.17, 15) is 31.7 Å². The highest BCUT2D eigenvalue weighted by atomic mass is 32.2. The molecule has 0 unspecified atom stereocenters. The van der Waals surface area contributed by atoms with Crippen LogP contribution in [0.4, 0.5) is 18.9 Å². The van der Waals surface area contributed by atoms with E-state index in [1.54, 1.807) is 0 Å². The van der Waals surface area contributed by atoms with Gasteiger partial charge < -0.3 is 4.18 Å². The third kappa shape index (κ3) is 4.32. The van der Waals surface area contributed by atoms with Gasteiger partial charge in [0.2, 0.25) is 0 Å². The summed E-state index contributed by atoms with van der Waals surface area (Å²) in [5.41, 5.74) is -0.259. The van der Waals surface area contributed by atoms with Gasteiger partial charge >= 0.3 is 16.5 Å². The molecule has 1 aromatic rings. The maximum absolute atomic E-state index is 12.7. The van der Waals surface area contributed by atoms with E-state index in [4.69, 9.17) is 4.18 Å². The van der Waals surface area contributed by atoms with Crippen molar-refractivity contribution >= 4 is 16.0 Å². The second-order valence-electron chi connectivity index (χ2n) is 5.03. The highest BCUT2D eigenvalue weighted by Gasteiger charge is 2.44. The van der Waals surface area contributed by atoms with E-state index in [0.29, 0.717) is 4.31 Å².